The van der Waals surface area contributed by atoms with Crippen LogP contribution in [0.3, 0.4) is 0 Å². The Morgan fingerprint density at radius 3 is 2.96 bits per heavy atom. The molecule has 0 aromatic carbocycles. The first kappa shape index (κ1) is 15.6. The van der Waals surface area contributed by atoms with Crippen molar-refractivity contribution in [3.63, 3.8) is 0 Å². The number of hydrogen-bond acceptors (Lipinski definition) is 4. The molecule has 0 N–H and O–H groups in total. The summed E-state index contributed by atoms with van der Waals surface area (Å²) in [5, 5.41) is 11.5. The molecule has 5 heteroatoms. The number of carboxylic acids is 1. The van der Waals surface area contributed by atoms with E-state index in [0.29, 0.717) is 19.0 Å². The molecule has 4 aliphatic rings. The molecule has 5 nitrogen and oxygen atoms in total. The largest absolute Gasteiger partial charge is 0.550 e. The Labute approximate surface area is 141 Å². The van der Waals surface area contributed by atoms with Crippen LogP contribution in [-0.4, -0.2) is 41.6 Å². The summed E-state index contributed by atoms with van der Waals surface area (Å²) in [4.78, 5) is 26.0. The van der Waals surface area contributed by atoms with Crippen molar-refractivity contribution in [2.45, 2.75) is 37.9 Å². The maximum absolute atomic E-state index is 12.8. The van der Waals surface area contributed by atoms with Crippen molar-refractivity contribution < 1.29 is 19.4 Å². The van der Waals surface area contributed by atoms with E-state index in [0.717, 1.165) is 19.3 Å². The molecule has 5 atom stereocenters. The number of fused-ring (bicyclic) bond motifs is 1. The fourth-order valence-electron chi connectivity index (χ4n) is 4.71. The number of carbonyl (C=O) groups is 2. The number of hydrogen-bond donors (Lipinski definition) is 0. The van der Waals surface area contributed by atoms with Gasteiger partial charge in [-0.2, -0.15) is 0 Å². The van der Waals surface area contributed by atoms with Crippen LogP contribution in [0.15, 0.2) is 36.0 Å². The van der Waals surface area contributed by atoms with Gasteiger partial charge >= 0.3 is 0 Å². The van der Waals surface area contributed by atoms with Gasteiger partial charge in [-0.1, -0.05) is 36.0 Å². The van der Waals surface area contributed by atoms with E-state index in [1.54, 1.807) is 11.0 Å². The molecule has 2 bridgehead atoms. The van der Waals surface area contributed by atoms with E-state index in [4.69, 9.17) is 4.74 Å². The molecule has 24 heavy (non-hydrogen) atoms. The zero-order valence-corrected chi connectivity index (χ0v) is 13.9. The van der Waals surface area contributed by atoms with Crippen LogP contribution in [0.25, 0.3) is 0 Å². The zero-order chi connectivity index (χ0) is 17.1. The minimum atomic E-state index is -1.19. The average Bonchev–Trinajstić information content (AvgIpc) is 3.16. The molecule has 0 radical (unpaired) electrons. The van der Waals surface area contributed by atoms with Gasteiger partial charge in [-0.15, -0.1) is 0 Å². The standard InChI is InChI=1S/C19H23NO4/c1-11(2)13-5-3-12(4-6-13)9-20-10-19-8-7-14(24-19)15(18(22)23)16(19)17(20)21/h3,7-8,13-16H,1,4-6,9-10H2,2H3,(H,22,23)/p-1/t13-,14-,15+,16+,19-/m1/s1. The highest BCUT2D eigenvalue weighted by molar-refractivity contribution is 5.90. The van der Waals surface area contributed by atoms with E-state index in [2.05, 4.69) is 19.6 Å². The summed E-state index contributed by atoms with van der Waals surface area (Å²) in [6.45, 7) is 7.10. The number of likely N-dealkylation sites (tertiary alicyclic amines) is 1. The van der Waals surface area contributed by atoms with Crippen LogP contribution in [0.2, 0.25) is 0 Å². The Bertz CT molecular complexity index is 679. The number of aliphatic carboxylic acids is 1. The SMILES string of the molecule is C=C(C)[C@@H]1CC=C(CN2C[C@@]34C=C[C@@H](O3)[C@H](C(=O)[O-])[C@H]4C2=O)CC1. The lowest BCUT2D eigenvalue weighted by atomic mass is 9.77. The number of nitrogens with zero attached hydrogens (tertiary/aromatic N) is 1. The molecular formula is C19H22NO4-. The summed E-state index contributed by atoms with van der Waals surface area (Å²) < 4.78 is 5.87. The molecule has 1 aliphatic carbocycles. The van der Waals surface area contributed by atoms with Crippen LogP contribution < -0.4 is 5.11 Å². The molecule has 1 spiro atoms. The van der Waals surface area contributed by atoms with Gasteiger partial charge in [-0.05, 0) is 32.1 Å². The Kier molecular flexibility index (Phi) is 3.46. The summed E-state index contributed by atoms with van der Waals surface area (Å²) in [7, 11) is 0. The molecule has 0 saturated carbocycles. The van der Waals surface area contributed by atoms with Crippen LogP contribution in [0.5, 0.6) is 0 Å². The van der Waals surface area contributed by atoms with Crippen LogP contribution >= 0.6 is 0 Å². The molecular weight excluding hydrogens is 306 g/mol. The fraction of sp³-hybridized carbons (Fsp3) is 0.579. The van der Waals surface area contributed by atoms with Crippen molar-refractivity contribution in [2.24, 2.45) is 17.8 Å². The Morgan fingerprint density at radius 1 is 1.54 bits per heavy atom. The van der Waals surface area contributed by atoms with Crippen LogP contribution in [-0.2, 0) is 14.3 Å². The van der Waals surface area contributed by atoms with Crippen molar-refractivity contribution in [1.82, 2.24) is 4.90 Å². The second kappa shape index (κ2) is 5.31. The van der Waals surface area contributed by atoms with Gasteiger partial charge in [0.05, 0.1) is 18.6 Å². The summed E-state index contributed by atoms with van der Waals surface area (Å²) in [5.41, 5.74) is 1.70. The summed E-state index contributed by atoms with van der Waals surface area (Å²) in [5.74, 6) is -2.26. The summed E-state index contributed by atoms with van der Waals surface area (Å²) in [6.07, 6.45) is 8.35. The molecule has 3 heterocycles. The second-order valence-electron chi connectivity index (χ2n) is 7.59. The first-order chi connectivity index (χ1) is 11.4. The second-order valence-corrected chi connectivity index (χ2v) is 7.59. The molecule has 4 rings (SSSR count). The lowest BCUT2D eigenvalue weighted by molar-refractivity contribution is -0.313. The number of carbonyl (C=O) groups excluding carboxylic acids is 2. The normalized spacial score (nSPS) is 40.0. The molecule has 128 valence electrons. The average molecular weight is 328 g/mol. The molecule has 1 amide bonds. The van der Waals surface area contributed by atoms with Crippen molar-refractivity contribution in [2.75, 3.05) is 13.1 Å². The van der Waals surface area contributed by atoms with E-state index in [1.165, 1.54) is 11.1 Å². The van der Waals surface area contributed by atoms with Crippen LogP contribution in [0.1, 0.15) is 26.2 Å². The molecule has 2 saturated heterocycles. The van der Waals surface area contributed by atoms with Gasteiger partial charge in [0, 0.05) is 18.4 Å². The number of carboxylic acid groups (broad SMARTS) is 1. The van der Waals surface area contributed by atoms with Crippen LogP contribution in [0, 0.1) is 17.8 Å². The van der Waals surface area contributed by atoms with Crippen molar-refractivity contribution in [3.05, 3.63) is 36.0 Å². The van der Waals surface area contributed by atoms with Gasteiger partial charge in [-0.3, -0.25) is 4.79 Å². The summed E-state index contributed by atoms with van der Waals surface area (Å²) in [6, 6.07) is 0. The number of ether oxygens (including phenoxy) is 1. The van der Waals surface area contributed by atoms with Crippen LogP contribution in [0.4, 0.5) is 0 Å². The molecule has 2 fully saturated rings. The molecule has 0 aromatic rings. The molecule has 0 aromatic heterocycles. The maximum Gasteiger partial charge on any atom is 0.230 e. The first-order valence-electron chi connectivity index (χ1n) is 8.61. The van der Waals surface area contributed by atoms with Crippen molar-refractivity contribution >= 4 is 11.9 Å². The van der Waals surface area contributed by atoms with E-state index in [1.807, 2.05) is 6.08 Å². The van der Waals surface area contributed by atoms with E-state index >= 15 is 0 Å². The van der Waals surface area contributed by atoms with Gasteiger partial charge in [0.2, 0.25) is 5.91 Å². The number of amides is 1. The first-order valence-corrected chi connectivity index (χ1v) is 8.61. The number of allylic oxidation sites excluding steroid dienone is 2. The third kappa shape index (κ3) is 2.18. The smallest absolute Gasteiger partial charge is 0.230 e. The van der Waals surface area contributed by atoms with Gasteiger partial charge in [0.15, 0.2) is 0 Å². The Balaban J connectivity index is 1.50. The maximum atomic E-state index is 12.8. The third-order valence-electron chi connectivity index (χ3n) is 6.05. The number of rotatable bonds is 4. The highest BCUT2D eigenvalue weighted by Gasteiger charge is 2.65. The third-order valence-corrected chi connectivity index (χ3v) is 6.05. The Morgan fingerprint density at radius 2 is 2.33 bits per heavy atom. The summed E-state index contributed by atoms with van der Waals surface area (Å²) >= 11 is 0. The lowest BCUT2D eigenvalue weighted by Crippen LogP contribution is -2.45. The predicted molar refractivity (Wildman–Crippen MR) is 85.5 cm³/mol. The Hall–Kier alpha value is -1.88. The van der Waals surface area contributed by atoms with Crippen molar-refractivity contribution in [1.29, 1.82) is 0 Å². The van der Waals surface area contributed by atoms with E-state index in [9.17, 15) is 14.7 Å². The monoisotopic (exact) mass is 328 g/mol. The minimum absolute atomic E-state index is 0.112. The minimum Gasteiger partial charge on any atom is -0.550 e. The van der Waals surface area contributed by atoms with Gasteiger partial charge in [-0.25, -0.2) is 0 Å². The lowest BCUT2D eigenvalue weighted by Gasteiger charge is -2.27. The van der Waals surface area contributed by atoms with Gasteiger partial charge < -0.3 is 19.5 Å². The van der Waals surface area contributed by atoms with E-state index < -0.39 is 29.5 Å². The fourth-order valence-corrected chi connectivity index (χ4v) is 4.71. The van der Waals surface area contributed by atoms with Gasteiger partial charge in [0.25, 0.3) is 0 Å². The topological polar surface area (TPSA) is 69.7 Å². The molecule has 3 aliphatic heterocycles. The predicted octanol–water partition coefficient (Wildman–Crippen LogP) is 0.821. The van der Waals surface area contributed by atoms with Crippen molar-refractivity contribution in [3.8, 4) is 0 Å². The van der Waals surface area contributed by atoms with Gasteiger partial charge in [0.1, 0.15) is 5.60 Å². The quantitative estimate of drug-likeness (QED) is 0.717. The van der Waals surface area contributed by atoms with E-state index in [-0.39, 0.29) is 5.91 Å². The molecule has 0 unspecified atom stereocenters. The highest BCUT2D eigenvalue weighted by atomic mass is 16.5. The zero-order valence-electron chi connectivity index (χ0n) is 13.9. The highest BCUT2D eigenvalue weighted by Crippen LogP contribution is 2.51.